The fraction of sp³-hybridized carbons (Fsp3) is 0.444. The van der Waals surface area contributed by atoms with Crippen molar-refractivity contribution in [2.75, 3.05) is 0 Å². The summed E-state index contributed by atoms with van der Waals surface area (Å²) in [5.41, 5.74) is 1.66. The molecule has 0 bridgehead atoms. The van der Waals surface area contributed by atoms with Gasteiger partial charge < -0.3 is 15.2 Å². The zero-order valence-electron chi connectivity index (χ0n) is 13.8. The van der Waals surface area contributed by atoms with E-state index in [1.165, 1.54) is 0 Å². The van der Waals surface area contributed by atoms with Crippen LogP contribution in [0.3, 0.4) is 0 Å². The van der Waals surface area contributed by atoms with Gasteiger partial charge in [-0.15, -0.1) is 0 Å². The Morgan fingerprint density at radius 2 is 2.17 bits per heavy atom. The number of nitrogens with zero attached hydrogens (tertiary/aromatic N) is 2. The Hall–Kier alpha value is -2.34. The number of rotatable bonds is 6. The highest BCUT2D eigenvalue weighted by atomic mass is 16.5. The average Bonchev–Trinajstić information content (AvgIpc) is 3.17. The maximum Gasteiger partial charge on any atom is 0.224 e. The number of hydrogen-bond acceptors (Lipinski definition) is 4. The largest absolute Gasteiger partial charge is 0.485 e. The number of carbonyl (C=O) groups is 1. The summed E-state index contributed by atoms with van der Waals surface area (Å²) in [4.78, 5) is 12.4. The first-order valence-electron chi connectivity index (χ1n) is 8.28. The number of hydrogen-bond donors (Lipinski definition) is 2. The summed E-state index contributed by atoms with van der Waals surface area (Å²) < 4.78 is 7.66. The summed E-state index contributed by atoms with van der Waals surface area (Å²) in [6.07, 6.45) is 6.64. The van der Waals surface area contributed by atoms with Crippen LogP contribution in [0.1, 0.15) is 30.4 Å². The first kappa shape index (κ1) is 16.5. The van der Waals surface area contributed by atoms with E-state index < -0.39 is 0 Å². The van der Waals surface area contributed by atoms with Gasteiger partial charge in [0.25, 0.3) is 0 Å². The molecular weight excluding hydrogens is 306 g/mol. The second-order valence-electron chi connectivity index (χ2n) is 6.21. The molecule has 6 nitrogen and oxygen atoms in total. The van der Waals surface area contributed by atoms with E-state index in [1.807, 2.05) is 37.5 Å². The molecule has 1 aliphatic rings. The van der Waals surface area contributed by atoms with Crippen molar-refractivity contribution in [3.8, 4) is 5.75 Å². The van der Waals surface area contributed by atoms with Gasteiger partial charge in [0.1, 0.15) is 6.10 Å². The van der Waals surface area contributed by atoms with E-state index in [0.717, 1.165) is 36.1 Å². The van der Waals surface area contributed by atoms with Gasteiger partial charge in [-0.1, -0.05) is 24.3 Å². The van der Waals surface area contributed by atoms with Crippen molar-refractivity contribution in [3.63, 3.8) is 0 Å². The second kappa shape index (κ2) is 7.49. The number of aliphatic hydroxyl groups excluding tert-OH is 1. The maximum atomic E-state index is 12.4. The van der Waals surface area contributed by atoms with Gasteiger partial charge in [-0.3, -0.25) is 9.48 Å². The molecule has 0 aliphatic heterocycles. The molecule has 128 valence electrons. The quantitative estimate of drug-likeness (QED) is 0.843. The number of nitrogens with one attached hydrogen (secondary N) is 1. The lowest BCUT2D eigenvalue weighted by molar-refractivity contribution is -0.121. The average molecular weight is 329 g/mol. The molecule has 1 aliphatic carbocycles. The molecular formula is C18H23N3O3. The van der Waals surface area contributed by atoms with Crippen molar-refractivity contribution in [1.82, 2.24) is 15.1 Å². The van der Waals surface area contributed by atoms with E-state index in [1.54, 1.807) is 10.9 Å². The molecule has 0 unspecified atom stereocenters. The number of benzene rings is 1. The summed E-state index contributed by atoms with van der Waals surface area (Å²) in [5, 5.41) is 16.5. The molecule has 6 heteroatoms. The van der Waals surface area contributed by atoms with Crippen molar-refractivity contribution in [2.45, 2.75) is 44.4 Å². The maximum absolute atomic E-state index is 12.4. The van der Waals surface area contributed by atoms with E-state index >= 15 is 0 Å². The van der Waals surface area contributed by atoms with Crippen LogP contribution in [-0.4, -0.2) is 32.9 Å². The topological polar surface area (TPSA) is 76.4 Å². The summed E-state index contributed by atoms with van der Waals surface area (Å²) >= 11 is 0. The third kappa shape index (κ3) is 3.94. The lowest BCUT2D eigenvalue weighted by Crippen LogP contribution is -2.43. The van der Waals surface area contributed by atoms with Gasteiger partial charge in [0.2, 0.25) is 5.91 Å². The number of amides is 1. The Bertz CT molecular complexity index is 698. The van der Waals surface area contributed by atoms with Crippen LogP contribution in [-0.2, 0) is 24.9 Å². The van der Waals surface area contributed by atoms with Crippen LogP contribution in [0.5, 0.6) is 5.75 Å². The van der Waals surface area contributed by atoms with Crippen LogP contribution in [0.15, 0.2) is 36.7 Å². The van der Waals surface area contributed by atoms with Gasteiger partial charge in [-0.25, -0.2) is 0 Å². The number of aromatic nitrogens is 2. The molecule has 1 fully saturated rings. The van der Waals surface area contributed by atoms with Gasteiger partial charge in [-0.2, -0.15) is 5.10 Å². The molecule has 1 amide bonds. The number of carbonyl (C=O) groups excluding carboxylic acids is 1. The normalized spacial score (nSPS) is 20.1. The van der Waals surface area contributed by atoms with Crippen molar-refractivity contribution in [3.05, 3.63) is 47.8 Å². The Labute approximate surface area is 141 Å². The molecule has 0 spiro atoms. The molecule has 1 aromatic heterocycles. The van der Waals surface area contributed by atoms with Gasteiger partial charge >= 0.3 is 0 Å². The zero-order chi connectivity index (χ0) is 16.9. The van der Waals surface area contributed by atoms with Crippen molar-refractivity contribution in [2.24, 2.45) is 7.05 Å². The Morgan fingerprint density at radius 3 is 2.88 bits per heavy atom. The summed E-state index contributed by atoms with van der Waals surface area (Å²) in [5.74, 6) is 0.692. The highest BCUT2D eigenvalue weighted by molar-refractivity contribution is 5.79. The molecule has 3 rings (SSSR count). The third-order valence-corrected chi connectivity index (χ3v) is 4.41. The minimum atomic E-state index is -0.0559. The highest BCUT2D eigenvalue weighted by Crippen LogP contribution is 2.24. The second-order valence-corrected chi connectivity index (χ2v) is 6.21. The van der Waals surface area contributed by atoms with Gasteiger partial charge in [0.15, 0.2) is 5.75 Å². The monoisotopic (exact) mass is 329 g/mol. The predicted molar refractivity (Wildman–Crippen MR) is 89.5 cm³/mol. The first-order valence-corrected chi connectivity index (χ1v) is 8.28. The summed E-state index contributed by atoms with van der Waals surface area (Å²) in [6.45, 7) is -0.0559. The van der Waals surface area contributed by atoms with Crippen molar-refractivity contribution < 1.29 is 14.6 Å². The lowest BCUT2D eigenvalue weighted by Gasteiger charge is -2.21. The van der Waals surface area contributed by atoms with Crippen LogP contribution in [0.4, 0.5) is 0 Å². The SMILES string of the molecule is Cn1cc(O[C@@H]2CCC[C@@H]2NC(=O)Cc2ccccc2CO)cn1. The van der Waals surface area contributed by atoms with Crippen LogP contribution in [0.25, 0.3) is 0 Å². The van der Waals surface area contributed by atoms with Crippen LogP contribution in [0, 0.1) is 0 Å². The Morgan fingerprint density at radius 1 is 1.38 bits per heavy atom. The molecule has 2 N–H and O–H groups in total. The molecule has 1 heterocycles. The third-order valence-electron chi connectivity index (χ3n) is 4.41. The summed E-state index contributed by atoms with van der Waals surface area (Å²) in [6, 6.07) is 7.47. The fourth-order valence-corrected chi connectivity index (χ4v) is 3.18. The van der Waals surface area contributed by atoms with Crippen LogP contribution in [0.2, 0.25) is 0 Å². The van der Waals surface area contributed by atoms with Crippen molar-refractivity contribution >= 4 is 5.91 Å². The zero-order valence-corrected chi connectivity index (χ0v) is 13.8. The summed E-state index contributed by atoms with van der Waals surface area (Å²) in [7, 11) is 1.85. The molecule has 0 saturated heterocycles. The van der Waals surface area contributed by atoms with E-state index in [2.05, 4.69) is 10.4 Å². The molecule has 2 atom stereocenters. The lowest BCUT2D eigenvalue weighted by atomic mass is 10.0. The standard InChI is InChI=1S/C18H23N3O3/c1-21-11-15(10-19-21)24-17-8-4-7-16(17)20-18(23)9-13-5-2-3-6-14(13)12-22/h2-3,5-6,10-11,16-17,22H,4,7-9,12H2,1H3,(H,20,23)/t16-,17+/m0/s1. The predicted octanol–water partition coefficient (Wildman–Crippen LogP) is 1.57. The number of ether oxygens (including phenoxy) is 1. The minimum Gasteiger partial charge on any atom is -0.485 e. The Kier molecular flexibility index (Phi) is 5.15. The minimum absolute atomic E-state index is 0.0130. The van der Waals surface area contributed by atoms with Gasteiger partial charge in [-0.05, 0) is 30.4 Å². The van der Waals surface area contributed by atoms with Gasteiger partial charge in [0.05, 0.1) is 31.5 Å². The molecule has 0 radical (unpaired) electrons. The molecule has 24 heavy (non-hydrogen) atoms. The van der Waals surface area contributed by atoms with E-state index in [4.69, 9.17) is 4.74 Å². The van der Waals surface area contributed by atoms with E-state index in [0.29, 0.717) is 0 Å². The van der Waals surface area contributed by atoms with E-state index in [-0.39, 0.29) is 31.1 Å². The Balaban J connectivity index is 1.58. The van der Waals surface area contributed by atoms with Crippen LogP contribution < -0.4 is 10.1 Å². The number of aliphatic hydroxyl groups is 1. The molecule has 2 aromatic rings. The molecule has 1 saturated carbocycles. The molecule has 1 aromatic carbocycles. The van der Waals surface area contributed by atoms with Crippen LogP contribution >= 0.6 is 0 Å². The highest BCUT2D eigenvalue weighted by Gasteiger charge is 2.30. The number of aryl methyl sites for hydroxylation is 1. The van der Waals surface area contributed by atoms with Gasteiger partial charge in [0, 0.05) is 7.05 Å². The fourth-order valence-electron chi connectivity index (χ4n) is 3.18. The first-order chi connectivity index (χ1) is 11.7. The smallest absolute Gasteiger partial charge is 0.224 e. The van der Waals surface area contributed by atoms with E-state index in [9.17, 15) is 9.90 Å². The van der Waals surface area contributed by atoms with Crippen molar-refractivity contribution in [1.29, 1.82) is 0 Å².